The van der Waals surface area contributed by atoms with Crippen molar-refractivity contribution in [3.63, 3.8) is 0 Å². The number of likely N-dealkylation sites (tertiary alicyclic amines) is 1. The van der Waals surface area contributed by atoms with Crippen molar-refractivity contribution < 1.29 is 14.3 Å². The number of hydrogen-bond donors (Lipinski definition) is 0. The molecule has 0 aromatic carbocycles. The second kappa shape index (κ2) is 6.86. The van der Waals surface area contributed by atoms with Gasteiger partial charge in [-0.25, -0.2) is 0 Å². The standard InChI is InChI=1S/C19H22N2O3S/c1-14-4-9-25-17(14)18(22)21-8-5-19(13-21)10-16(12-24-19)23-11-15-2-6-20-7-3-15/h2-4,6-7,9,16H,5,8,10-13H2,1H3/t16-,19+/m1/s1. The van der Waals surface area contributed by atoms with Crippen molar-refractivity contribution in [2.75, 3.05) is 19.7 Å². The van der Waals surface area contributed by atoms with Gasteiger partial charge in [-0.3, -0.25) is 9.78 Å². The topological polar surface area (TPSA) is 51.7 Å². The number of ether oxygens (including phenoxy) is 2. The van der Waals surface area contributed by atoms with Gasteiger partial charge in [-0.15, -0.1) is 11.3 Å². The molecule has 2 aliphatic heterocycles. The van der Waals surface area contributed by atoms with Crippen LogP contribution in [0, 0.1) is 6.92 Å². The molecule has 0 aliphatic carbocycles. The number of carbonyl (C=O) groups excluding carboxylic acids is 1. The molecule has 25 heavy (non-hydrogen) atoms. The predicted octanol–water partition coefficient (Wildman–Crippen LogP) is 3.04. The Hall–Kier alpha value is -1.76. The summed E-state index contributed by atoms with van der Waals surface area (Å²) in [4.78, 5) is 19.5. The lowest BCUT2D eigenvalue weighted by Crippen LogP contribution is -2.36. The van der Waals surface area contributed by atoms with E-state index in [1.807, 2.05) is 35.4 Å². The maximum Gasteiger partial charge on any atom is 0.264 e. The Morgan fingerprint density at radius 2 is 2.28 bits per heavy atom. The molecule has 1 amide bonds. The van der Waals surface area contributed by atoms with Crippen LogP contribution in [0.2, 0.25) is 0 Å². The van der Waals surface area contributed by atoms with Crippen LogP contribution in [0.25, 0.3) is 0 Å². The van der Waals surface area contributed by atoms with Crippen molar-refractivity contribution in [2.45, 2.75) is 38.1 Å². The zero-order valence-corrected chi connectivity index (χ0v) is 15.1. The maximum atomic E-state index is 12.7. The summed E-state index contributed by atoms with van der Waals surface area (Å²) in [5, 5.41) is 1.98. The van der Waals surface area contributed by atoms with E-state index in [9.17, 15) is 4.79 Å². The van der Waals surface area contributed by atoms with Crippen LogP contribution in [0.3, 0.4) is 0 Å². The van der Waals surface area contributed by atoms with E-state index in [0.717, 1.165) is 35.4 Å². The molecule has 4 heterocycles. The van der Waals surface area contributed by atoms with Crippen LogP contribution in [0.5, 0.6) is 0 Å². The monoisotopic (exact) mass is 358 g/mol. The number of pyridine rings is 1. The van der Waals surface area contributed by atoms with E-state index in [4.69, 9.17) is 9.47 Å². The molecule has 2 aliphatic rings. The van der Waals surface area contributed by atoms with Crippen LogP contribution in [-0.2, 0) is 16.1 Å². The first-order valence-electron chi connectivity index (χ1n) is 8.63. The number of hydrogen-bond acceptors (Lipinski definition) is 5. The van der Waals surface area contributed by atoms with Crippen LogP contribution in [0.15, 0.2) is 36.0 Å². The van der Waals surface area contributed by atoms with E-state index in [-0.39, 0.29) is 17.6 Å². The zero-order chi connectivity index (χ0) is 17.3. The summed E-state index contributed by atoms with van der Waals surface area (Å²) in [5.74, 6) is 0.133. The smallest absolute Gasteiger partial charge is 0.264 e. The molecular weight excluding hydrogens is 336 g/mol. The van der Waals surface area contributed by atoms with Gasteiger partial charge in [0.25, 0.3) is 5.91 Å². The van der Waals surface area contributed by atoms with Crippen LogP contribution in [0.4, 0.5) is 0 Å². The second-order valence-corrected chi connectivity index (χ2v) is 7.81. The van der Waals surface area contributed by atoms with Crippen LogP contribution in [0.1, 0.15) is 33.6 Å². The maximum absolute atomic E-state index is 12.7. The normalized spacial score (nSPS) is 25.8. The van der Waals surface area contributed by atoms with Gasteiger partial charge in [-0.2, -0.15) is 0 Å². The van der Waals surface area contributed by atoms with Gasteiger partial charge in [0.1, 0.15) is 0 Å². The summed E-state index contributed by atoms with van der Waals surface area (Å²) in [5.41, 5.74) is 1.94. The Morgan fingerprint density at radius 1 is 1.44 bits per heavy atom. The van der Waals surface area contributed by atoms with Crippen LogP contribution < -0.4 is 0 Å². The molecule has 2 saturated heterocycles. The van der Waals surface area contributed by atoms with Gasteiger partial charge >= 0.3 is 0 Å². The first-order chi connectivity index (χ1) is 12.2. The van der Waals surface area contributed by atoms with Crippen molar-refractivity contribution in [1.29, 1.82) is 0 Å². The van der Waals surface area contributed by atoms with Crippen LogP contribution in [-0.4, -0.2) is 47.2 Å². The molecular formula is C19H22N2O3S. The average molecular weight is 358 g/mol. The molecule has 0 bridgehead atoms. The molecule has 2 aromatic rings. The molecule has 0 saturated carbocycles. The van der Waals surface area contributed by atoms with Gasteiger partial charge in [-0.1, -0.05) is 0 Å². The molecule has 6 heteroatoms. The van der Waals surface area contributed by atoms with Crippen molar-refractivity contribution in [1.82, 2.24) is 9.88 Å². The second-order valence-electron chi connectivity index (χ2n) is 6.90. The lowest BCUT2D eigenvalue weighted by molar-refractivity contribution is 0.000295. The molecule has 0 unspecified atom stereocenters. The average Bonchev–Trinajstić information content (AvgIpc) is 3.35. The number of rotatable bonds is 4. The van der Waals surface area contributed by atoms with Crippen molar-refractivity contribution in [2.24, 2.45) is 0 Å². The number of carbonyl (C=O) groups is 1. The number of aromatic nitrogens is 1. The fourth-order valence-electron chi connectivity index (χ4n) is 3.64. The third-order valence-electron chi connectivity index (χ3n) is 5.07. The summed E-state index contributed by atoms with van der Waals surface area (Å²) in [6.45, 7) is 4.59. The molecule has 4 rings (SSSR count). The van der Waals surface area contributed by atoms with Gasteiger partial charge in [0.15, 0.2) is 0 Å². The van der Waals surface area contributed by atoms with E-state index in [1.54, 1.807) is 12.4 Å². The molecule has 0 radical (unpaired) electrons. The highest BCUT2D eigenvalue weighted by molar-refractivity contribution is 7.12. The Balaban J connectivity index is 1.33. The highest BCUT2D eigenvalue weighted by atomic mass is 32.1. The summed E-state index contributed by atoms with van der Waals surface area (Å²) in [6.07, 6.45) is 5.38. The van der Waals surface area contributed by atoms with E-state index >= 15 is 0 Å². The third-order valence-corrected chi connectivity index (χ3v) is 6.07. The zero-order valence-electron chi connectivity index (χ0n) is 14.3. The lowest BCUT2D eigenvalue weighted by atomic mass is 9.98. The highest BCUT2D eigenvalue weighted by Gasteiger charge is 2.47. The molecule has 2 fully saturated rings. The van der Waals surface area contributed by atoms with E-state index < -0.39 is 0 Å². The van der Waals surface area contributed by atoms with E-state index in [2.05, 4.69) is 4.98 Å². The number of thiophene rings is 1. The molecule has 5 nitrogen and oxygen atoms in total. The number of aryl methyl sites for hydroxylation is 1. The van der Waals surface area contributed by atoms with Crippen molar-refractivity contribution in [3.8, 4) is 0 Å². The number of nitrogens with zero attached hydrogens (tertiary/aromatic N) is 2. The summed E-state index contributed by atoms with van der Waals surface area (Å²) in [7, 11) is 0. The van der Waals surface area contributed by atoms with Gasteiger partial charge in [0.05, 0.1) is 36.3 Å². The largest absolute Gasteiger partial charge is 0.371 e. The third kappa shape index (κ3) is 3.47. The minimum atomic E-state index is -0.232. The van der Waals surface area contributed by atoms with Gasteiger partial charge in [-0.05, 0) is 48.1 Å². The fraction of sp³-hybridized carbons (Fsp3) is 0.474. The SMILES string of the molecule is Cc1ccsc1C(=O)N1CC[C@]2(C[C@@H](OCc3ccncc3)CO2)C1. The lowest BCUT2D eigenvalue weighted by Gasteiger charge is -2.23. The molecule has 2 aromatic heterocycles. The molecule has 2 atom stereocenters. The van der Waals surface area contributed by atoms with Crippen molar-refractivity contribution in [3.05, 3.63) is 52.0 Å². The highest BCUT2D eigenvalue weighted by Crippen LogP contribution is 2.37. The van der Waals surface area contributed by atoms with E-state index in [1.165, 1.54) is 11.3 Å². The van der Waals surface area contributed by atoms with Gasteiger partial charge in [0, 0.05) is 25.4 Å². The van der Waals surface area contributed by atoms with Crippen molar-refractivity contribution >= 4 is 17.2 Å². The first kappa shape index (κ1) is 16.7. The Bertz CT molecular complexity index is 748. The summed E-state index contributed by atoms with van der Waals surface area (Å²) < 4.78 is 12.1. The Labute approximate surface area is 151 Å². The van der Waals surface area contributed by atoms with Gasteiger partial charge in [0.2, 0.25) is 0 Å². The Morgan fingerprint density at radius 3 is 3.04 bits per heavy atom. The molecule has 0 N–H and O–H groups in total. The van der Waals surface area contributed by atoms with Gasteiger partial charge < -0.3 is 14.4 Å². The summed E-state index contributed by atoms with van der Waals surface area (Å²) >= 11 is 1.52. The minimum Gasteiger partial charge on any atom is -0.371 e. The minimum absolute atomic E-state index is 0.0895. The fourth-order valence-corrected chi connectivity index (χ4v) is 4.53. The Kier molecular flexibility index (Phi) is 4.58. The molecule has 132 valence electrons. The van der Waals surface area contributed by atoms with Crippen LogP contribution >= 0.6 is 11.3 Å². The first-order valence-corrected chi connectivity index (χ1v) is 9.51. The number of amides is 1. The predicted molar refractivity (Wildman–Crippen MR) is 95.7 cm³/mol. The van der Waals surface area contributed by atoms with E-state index in [0.29, 0.717) is 19.8 Å². The summed E-state index contributed by atoms with van der Waals surface area (Å²) in [6, 6.07) is 5.93. The quantitative estimate of drug-likeness (QED) is 0.843. The molecule has 1 spiro atoms.